The molecule has 3 aromatic rings. The molecule has 2 aromatic heterocycles. The van der Waals surface area contributed by atoms with Crippen LogP contribution in [0.2, 0.25) is 0 Å². The molecule has 0 amide bonds. The number of nitrogens with zero attached hydrogens (tertiary/aromatic N) is 4. The minimum absolute atomic E-state index is 0.0741. The van der Waals surface area contributed by atoms with E-state index in [1.54, 1.807) is 24.3 Å². The van der Waals surface area contributed by atoms with Gasteiger partial charge in [0, 0.05) is 38.3 Å². The van der Waals surface area contributed by atoms with E-state index in [1.807, 2.05) is 24.5 Å². The van der Waals surface area contributed by atoms with E-state index in [2.05, 4.69) is 10.2 Å². The molecule has 2 N–H and O–H groups in total. The van der Waals surface area contributed by atoms with E-state index >= 15 is 0 Å². The van der Waals surface area contributed by atoms with Gasteiger partial charge in [0.2, 0.25) is 10.0 Å². The second kappa shape index (κ2) is 8.63. The molecule has 0 saturated carbocycles. The molecule has 0 fully saturated rings. The van der Waals surface area contributed by atoms with Crippen molar-refractivity contribution < 1.29 is 12.8 Å². The van der Waals surface area contributed by atoms with E-state index < -0.39 is 10.0 Å². The van der Waals surface area contributed by atoms with Crippen molar-refractivity contribution in [2.45, 2.75) is 31.7 Å². The van der Waals surface area contributed by atoms with E-state index in [9.17, 15) is 12.8 Å². The zero-order valence-corrected chi connectivity index (χ0v) is 18.4. The molecule has 2 heterocycles. The number of nitrogens with two attached hydrogens (primary N) is 1. The number of sulfonamides is 1. The molecule has 7 nitrogen and oxygen atoms in total. The van der Waals surface area contributed by atoms with Gasteiger partial charge in [-0.3, -0.25) is 0 Å². The lowest BCUT2D eigenvalue weighted by molar-refractivity contribution is 0.520. The van der Waals surface area contributed by atoms with Crippen LogP contribution in [-0.2, 0) is 23.0 Å². The van der Waals surface area contributed by atoms with Gasteiger partial charge in [-0.2, -0.15) is 5.10 Å². The summed E-state index contributed by atoms with van der Waals surface area (Å²) in [7, 11) is -0.480. The summed E-state index contributed by atoms with van der Waals surface area (Å²) >= 11 is 0. The van der Waals surface area contributed by atoms with E-state index in [0.29, 0.717) is 11.9 Å². The summed E-state index contributed by atoms with van der Waals surface area (Å²) in [6.45, 7) is 3.98. The SMILES string of the molecule is Cc1cc2c(nn1)c(Cc1ccc(S(=O)(=O)N(C)C)cc1)c(C)n2C/C(F)=C/CN. The van der Waals surface area contributed by atoms with Gasteiger partial charge in [-0.25, -0.2) is 17.1 Å². The summed E-state index contributed by atoms with van der Waals surface area (Å²) < 4.78 is 41.8. The van der Waals surface area contributed by atoms with Gasteiger partial charge in [0.05, 0.1) is 22.7 Å². The molecule has 0 spiro atoms. The van der Waals surface area contributed by atoms with Crippen molar-refractivity contribution in [2.75, 3.05) is 20.6 Å². The van der Waals surface area contributed by atoms with Crippen LogP contribution < -0.4 is 5.73 Å². The molecule has 0 aliphatic rings. The highest BCUT2D eigenvalue weighted by molar-refractivity contribution is 7.89. The van der Waals surface area contributed by atoms with Crippen LogP contribution in [0.15, 0.2) is 47.1 Å². The number of rotatable bonds is 7. The lowest BCUT2D eigenvalue weighted by atomic mass is 10.0. The summed E-state index contributed by atoms with van der Waals surface area (Å²) in [5.74, 6) is -0.309. The maximum atomic E-state index is 14.2. The first-order chi connectivity index (χ1) is 14.1. The van der Waals surface area contributed by atoms with Gasteiger partial charge in [-0.1, -0.05) is 12.1 Å². The Kier molecular flexibility index (Phi) is 6.35. The number of allylic oxidation sites excluding steroid dienone is 1. The van der Waals surface area contributed by atoms with E-state index in [1.165, 1.54) is 24.5 Å². The number of fused-ring (bicyclic) bond motifs is 1. The summed E-state index contributed by atoms with van der Waals surface area (Å²) in [5.41, 5.74) is 10.4. The highest BCUT2D eigenvalue weighted by Gasteiger charge is 2.19. The zero-order valence-electron chi connectivity index (χ0n) is 17.6. The summed E-state index contributed by atoms with van der Waals surface area (Å²) in [4.78, 5) is 0.236. The van der Waals surface area contributed by atoms with E-state index in [-0.39, 0.29) is 23.8 Å². The van der Waals surface area contributed by atoms with Crippen LogP contribution in [0.4, 0.5) is 4.39 Å². The fraction of sp³-hybridized carbons (Fsp3) is 0.333. The topological polar surface area (TPSA) is 94.1 Å². The molecule has 9 heteroatoms. The third kappa shape index (κ3) is 4.28. The molecule has 0 aliphatic heterocycles. The molecule has 1 aromatic carbocycles. The normalized spacial score (nSPS) is 12.8. The highest BCUT2D eigenvalue weighted by Crippen LogP contribution is 2.28. The van der Waals surface area contributed by atoms with E-state index in [0.717, 1.165) is 28.0 Å². The molecular formula is C21H26FN5O2S. The maximum Gasteiger partial charge on any atom is 0.242 e. The lowest BCUT2D eigenvalue weighted by Gasteiger charge is -2.12. The van der Waals surface area contributed by atoms with Crippen LogP contribution in [0.5, 0.6) is 0 Å². The molecule has 30 heavy (non-hydrogen) atoms. The minimum atomic E-state index is -3.48. The third-order valence-electron chi connectivity index (χ3n) is 5.05. The van der Waals surface area contributed by atoms with Crippen molar-refractivity contribution >= 4 is 21.1 Å². The van der Waals surface area contributed by atoms with Crippen LogP contribution in [0.3, 0.4) is 0 Å². The predicted octanol–water partition coefficient (Wildman–Crippen LogP) is 2.70. The number of hydrogen-bond acceptors (Lipinski definition) is 5. The number of halogens is 1. The zero-order chi connectivity index (χ0) is 22.1. The molecule has 3 rings (SSSR count). The number of aryl methyl sites for hydroxylation is 1. The number of hydrogen-bond donors (Lipinski definition) is 1. The van der Waals surface area contributed by atoms with Crippen LogP contribution in [0.25, 0.3) is 11.0 Å². The molecule has 0 atom stereocenters. The van der Waals surface area contributed by atoms with Crippen molar-refractivity contribution in [3.8, 4) is 0 Å². The second-order valence-electron chi connectivity index (χ2n) is 7.36. The molecule has 0 unspecified atom stereocenters. The summed E-state index contributed by atoms with van der Waals surface area (Å²) in [5, 5.41) is 8.52. The van der Waals surface area contributed by atoms with Crippen LogP contribution in [0.1, 0.15) is 22.5 Å². The Labute approximate surface area is 176 Å². The molecule has 0 aliphatic carbocycles. The molecule has 160 valence electrons. The molecule has 0 saturated heterocycles. The number of benzene rings is 1. The first-order valence-electron chi connectivity index (χ1n) is 9.53. The van der Waals surface area contributed by atoms with Crippen molar-refractivity contribution in [1.29, 1.82) is 0 Å². The smallest absolute Gasteiger partial charge is 0.242 e. The van der Waals surface area contributed by atoms with Gasteiger partial charge in [-0.05, 0) is 43.7 Å². The van der Waals surface area contributed by atoms with Crippen molar-refractivity contribution in [3.63, 3.8) is 0 Å². The van der Waals surface area contributed by atoms with Gasteiger partial charge in [0.25, 0.3) is 0 Å². The van der Waals surface area contributed by atoms with Crippen LogP contribution in [-0.4, -0.2) is 48.1 Å². The average Bonchev–Trinajstić information content (AvgIpc) is 2.93. The van der Waals surface area contributed by atoms with Crippen molar-refractivity contribution in [3.05, 3.63) is 64.7 Å². The Hall–Kier alpha value is -2.62. The Morgan fingerprint density at radius 2 is 1.87 bits per heavy atom. The van der Waals surface area contributed by atoms with E-state index in [4.69, 9.17) is 5.73 Å². The first kappa shape index (κ1) is 22.1. The first-order valence-corrected chi connectivity index (χ1v) is 11.0. The van der Waals surface area contributed by atoms with Gasteiger partial charge in [-0.15, -0.1) is 5.10 Å². The third-order valence-corrected chi connectivity index (χ3v) is 6.87. The van der Waals surface area contributed by atoms with Gasteiger partial charge >= 0.3 is 0 Å². The Bertz CT molecular complexity index is 1200. The second-order valence-corrected chi connectivity index (χ2v) is 9.52. The van der Waals surface area contributed by atoms with Crippen molar-refractivity contribution in [2.24, 2.45) is 5.73 Å². The van der Waals surface area contributed by atoms with Crippen LogP contribution in [0, 0.1) is 13.8 Å². The monoisotopic (exact) mass is 431 g/mol. The van der Waals surface area contributed by atoms with Crippen LogP contribution >= 0.6 is 0 Å². The summed E-state index contributed by atoms with van der Waals surface area (Å²) in [6.07, 6.45) is 1.88. The lowest BCUT2D eigenvalue weighted by Crippen LogP contribution is -2.22. The van der Waals surface area contributed by atoms with Crippen molar-refractivity contribution in [1.82, 2.24) is 19.1 Å². The molecule has 0 radical (unpaired) electrons. The van der Waals surface area contributed by atoms with Gasteiger partial charge < -0.3 is 10.3 Å². The quantitative estimate of drug-likeness (QED) is 0.621. The number of aromatic nitrogens is 3. The molecule has 0 bridgehead atoms. The summed E-state index contributed by atoms with van der Waals surface area (Å²) in [6, 6.07) is 8.66. The fourth-order valence-corrected chi connectivity index (χ4v) is 4.27. The Balaban J connectivity index is 2.02. The van der Waals surface area contributed by atoms with Gasteiger partial charge in [0.1, 0.15) is 11.3 Å². The predicted molar refractivity (Wildman–Crippen MR) is 115 cm³/mol. The standard InChI is InChI=1S/C21H26FN5O2S/c1-14-11-20-21(25-24-14)19(15(2)27(20)13-17(22)9-10-23)12-16-5-7-18(8-6-16)30(28,29)26(3)4/h5-9,11H,10,12-13,23H2,1-4H3/b17-9-. The fourth-order valence-electron chi connectivity index (χ4n) is 3.36. The Morgan fingerprint density at radius 3 is 2.47 bits per heavy atom. The average molecular weight is 432 g/mol. The van der Waals surface area contributed by atoms with Gasteiger partial charge in [0.15, 0.2) is 0 Å². The molecular weight excluding hydrogens is 405 g/mol. The maximum absolute atomic E-state index is 14.2. The highest BCUT2D eigenvalue weighted by atomic mass is 32.2. The largest absolute Gasteiger partial charge is 0.336 e. The Morgan fingerprint density at radius 1 is 1.20 bits per heavy atom. The minimum Gasteiger partial charge on any atom is -0.336 e.